The van der Waals surface area contributed by atoms with Crippen LogP contribution in [0.3, 0.4) is 0 Å². The summed E-state index contributed by atoms with van der Waals surface area (Å²) >= 11 is 0. The van der Waals surface area contributed by atoms with Gasteiger partial charge in [0.05, 0.1) is 0 Å². The molecule has 0 N–H and O–H groups in total. The first-order valence-electron chi connectivity index (χ1n) is 9.21. The fourth-order valence-corrected chi connectivity index (χ4v) is 7.49. The minimum Gasteiger partial charge on any atom is -0.357 e. The highest BCUT2D eigenvalue weighted by Gasteiger charge is 2.76. The number of hydrogen-bond acceptors (Lipinski definition) is 2. The summed E-state index contributed by atoms with van der Waals surface area (Å²) in [6.07, 6.45) is 11.5. The molecule has 0 radical (unpaired) electrons. The van der Waals surface area contributed by atoms with Crippen LogP contribution in [-0.4, -0.2) is 17.5 Å². The third-order valence-corrected chi connectivity index (χ3v) is 8.73. The van der Waals surface area contributed by atoms with E-state index in [4.69, 9.17) is 4.74 Å². The predicted octanol–water partition coefficient (Wildman–Crippen LogP) is 4.12. The topological polar surface area (TPSA) is 29.6 Å². The van der Waals surface area contributed by atoms with Crippen molar-refractivity contribution in [2.24, 2.45) is 28.6 Å². The van der Waals surface area contributed by atoms with Crippen molar-refractivity contribution in [1.82, 2.24) is 0 Å². The molecule has 0 aromatic rings. The van der Waals surface area contributed by atoms with Crippen LogP contribution in [0.2, 0.25) is 0 Å². The van der Waals surface area contributed by atoms with Crippen LogP contribution in [0.4, 0.5) is 0 Å². The van der Waals surface area contributed by atoms with Crippen molar-refractivity contribution in [3.05, 3.63) is 0 Å². The molecule has 1 unspecified atom stereocenters. The molecule has 1 saturated heterocycles. The second-order valence-corrected chi connectivity index (χ2v) is 9.27. The Kier molecular flexibility index (Phi) is 2.34. The summed E-state index contributed by atoms with van der Waals surface area (Å²) in [5.41, 5.74) is 0.893. The van der Waals surface area contributed by atoms with Crippen LogP contribution in [0, 0.1) is 28.6 Å². The summed E-state index contributed by atoms with van der Waals surface area (Å²) < 4.78 is 6.12. The van der Waals surface area contributed by atoms with E-state index < -0.39 is 0 Å². The molecule has 1 aliphatic heterocycles. The summed E-state index contributed by atoms with van der Waals surface area (Å²) in [6, 6.07) is 0. The number of ketones is 1. The molecule has 2 heteroatoms. The number of epoxide rings is 1. The molecule has 5 fully saturated rings. The van der Waals surface area contributed by atoms with Gasteiger partial charge in [-0.1, -0.05) is 20.3 Å². The van der Waals surface area contributed by atoms with E-state index in [2.05, 4.69) is 13.8 Å². The fourth-order valence-electron chi connectivity index (χ4n) is 7.49. The van der Waals surface area contributed by atoms with Gasteiger partial charge in [-0.2, -0.15) is 0 Å². The average molecular weight is 288 g/mol. The number of fused-ring (bicyclic) bond motifs is 4. The van der Waals surface area contributed by atoms with Gasteiger partial charge in [-0.3, -0.25) is 4.79 Å². The SMILES string of the molecule is C[C@@]12CCC[C@H]1[C@@H]1CCC34O[C@H]3C(=O)CC[C@]4(C)[C@H]1CC2. The highest BCUT2D eigenvalue weighted by molar-refractivity contribution is 5.88. The maximum absolute atomic E-state index is 12.1. The minimum atomic E-state index is -0.0319. The molecule has 4 saturated carbocycles. The smallest absolute Gasteiger partial charge is 0.164 e. The van der Waals surface area contributed by atoms with Crippen molar-refractivity contribution in [2.75, 3.05) is 0 Å². The number of carbonyl (C=O) groups is 1. The summed E-state index contributed by atoms with van der Waals surface area (Å²) in [5.74, 6) is 3.09. The van der Waals surface area contributed by atoms with Gasteiger partial charge in [0.1, 0.15) is 11.7 Å². The predicted molar refractivity (Wildman–Crippen MR) is 80.8 cm³/mol. The molecule has 116 valence electrons. The molecule has 5 rings (SSSR count). The van der Waals surface area contributed by atoms with E-state index in [0.717, 1.165) is 37.0 Å². The zero-order chi connectivity index (χ0) is 14.5. The molecule has 2 nitrogen and oxygen atoms in total. The molecular formula is C19H28O2. The zero-order valence-corrected chi connectivity index (χ0v) is 13.5. The summed E-state index contributed by atoms with van der Waals surface area (Å²) in [5, 5.41) is 0. The van der Waals surface area contributed by atoms with E-state index in [1.54, 1.807) is 0 Å². The second-order valence-electron chi connectivity index (χ2n) is 9.27. The number of hydrogen-bond donors (Lipinski definition) is 0. The standard InChI is InChI=1S/C19H28O2/c1-17-8-3-4-13(17)12-5-11-19-16(21-19)15(20)7-10-18(19,2)14(12)6-9-17/h12-14,16H,3-11H2,1-2H3/t12-,13-,14-,16-,17-,18+,19?/m0/s1. The molecule has 5 aliphatic rings. The average Bonchev–Trinajstić information content (AvgIpc) is 3.08. The van der Waals surface area contributed by atoms with Crippen LogP contribution < -0.4 is 0 Å². The maximum Gasteiger partial charge on any atom is 0.164 e. The van der Waals surface area contributed by atoms with Crippen LogP contribution in [0.25, 0.3) is 0 Å². The molecule has 1 heterocycles. The number of rotatable bonds is 0. The summed E-state index contributed by atoms with van der Waals surface area (Å²) in [7, 11) is 0. The first-order chi connectivity index (χ1) is 10.0. The van der Waals surface area contributed by atoms with Crippen LogP contribution in [0.5, 0.6) is 0 Å². The van der Waals surface area contributed by atoms with Crippen LogP contribution in [0.15, 0.2) is 0 Å². The third-order valence-electron chi connectivity index (χ3n) is 8.73. The van der Waals surface area contributed by atoms with Gasteiger partial charge >= 0.3 is 0 Å². The summed E-state index contributed by atoms with van der Waals surface area (Å²) in [4.78, 5) is 12.1. The summed E-state index contributed by atoms with van der Waals surface area (Å²) in [6.45, 7) is 5.04. The molecule has 1 spiro atoms. The Hall–Kier alpha value is -0.370. The van der Waals surface area contributed by atoms with E-state index in [1.165, 1.54) is 38.5 Å². The number of ether oxygens (including phenoxy) is 1. The Morgan fingerprint density at radius 1 is 1.00 bits per heavy atom. The number of carbonyl (C=O) groups excluding carboxylic acids is 1. The molecule has 0 amide bonds. The van der Waals surface area contributed by atoms with Crippen molar-refractivity contribution in [1.29, 1.82) is 0 Å². The lowest BCUT2D eigenvalue weighted by atomic mass is 9.45. The Morgan fingerprint density at radius 3 is 2.71 bits per heavy atom. The zero-order valence-electron chi connectivity index (χ0n) is 13.5. The maximum atomic E-state index is 12.1. The second kappa shape index (κ2) is 3.75. The van der Waals surface area contributed by atoms with Crippen LogP contribution in [-0.2, 0) is 9.53 Å². The Morgan fingerprint density at radius 2 is 1.86 bits per heavy atom. The lowest BCUT2D eigenvalue weighted by Gasteiger charge is -2.58. The van der Waals surface area contributed by atoms with Gasteiger partial charge < -0.3 is 4.74 Å². The van der Waals surface area contributed by atoms with Gasteiger partial charge in [0.25, 0.3) is 0 Å². The third kappa shape index (κ3) is 1.37. The normalized spacial score (nSPS) is 61.5. The van der Waals surface area contributed by atoms with Gasteiger partial charge in [0.2, 0.25) is 0 Å². The van der Waals surface area contributed by atoms with Gasteiger partial charge in [0.15, 0.2) is 5.78 Å². The molecule has 0 aromatic carbocycles. The van der Waals surface area contributed by atoms with E-state index in [0.29, 0.717) is 16.6 Å². The highest BCUT2D eigenvalue weighted by atomic mass is 16.6. The Balaban J connectivity index is 1.52. The minimum absolute atomic E-state index is 0.0194. The first-order valence-corrected chi connectivity index (χ1v) is 9.21. The highest BCUT2D eigenvalue weighted by Crippen LogP contribution is 2.72. The van der Waals surface area contributed by atoms with Crippen LogP contribution in [0.1, 0.15) is 71.6 Å². The van der Waals surface area contributed by atoms with Crippen molar-refractivity contribution in [3.63, 3.8) is 0 Å². The van der Waals surface area contributed by atoms with Crippen molar-refractivity contribution in [2.45, 2.75) is 83.3 Å². The fraction of sp³-hybridized carbons (Fsp3) is 0.947. The molecule has 4 aliphatic carbocycles. The van der Waals surface area contributed by atoms with E-state index >= 15 is 0 Å². The van der Waals surface area contributed by atoms with Gasteiger partial charge in [-0.05, 0) is 68.1 Å². The molecule has 7 atom stereocenters. The molecule has 0 bridgehead atoms. The van der Waals surface area contributed by atoms with Crippen LogP contribution >= 0.6 is 0 Å². The van der Waals surface area contributed by atoms with E-state index in [9.17, 15) is 4.79 Å². The van der Waals surface area contributed by atoms with E-state index in [1.807, 2.05) is 0 Å². The first kappa shape index (κ1) is 13.1. The van der Waals surface area contributed by atoms with Gasteiger partial charge in [-0.15, -0.1) is 0 Å². The largest absolute Gasteiger partial charge is 0.357 e. The van der Waals surface area contributed by atoms with Crippen molar-refractivity contribution < 1.29 is 9.53 Å². The lowest BCUT2D eigenvalue weighted by Crippen LogP contribution is -2.57. The lowest BCUT2D eigenvalue weighted by molar-refractivity contribution is -0.129. The van der Waals surface area contributed by atoms with Gasteiger partial charge in [-0.25, -0.2) is 0 Å². The Bertz CT molecular complexity index is 514. The van der Waals surface area contributed by atoms with Gasteiger partial charge in [0, 0.05) is 11.8 Å². The Labute approximate surface area is 128 Å². The van der Waals surface area contributed by atoms with Crippen molar-refractivity contribution >= 4 is 5.78 Å². The quantitative estimate of drug-likeness (QED) is 0.628. The molecular weight excluding hydrogens is 260 g/mol. The monoisotopic (exact) mass is 288 g/mol. The van der Waals surface area contributed by atoms with Crippen molar-refractivity contribution in [3.8, 4) is 0 Å². The molecule has 21 heavy (non-hydrogen) atoms. The molecule has 0 aromatic heterocycles. The van der Waals surface area contributed by atoms with E-state index in [-0.39, 0.29) is 11.7 Å². The number of Topliss-reactive ketones (excluding diaryl/α,β-unsaturated/α-hetero) is 1.